The molecular formula is C20H21N3O4. The molecule has 0 saturated heterocycles. The van der Waals surface area contributed by atoms with Gasteiger partial charge in [-0.1, -0.05) is 30.3 Å². The molecule has 7 nitrogen and oxygen atoms in total. The number of hydrogen-bond acceptors (Lipinski definition) is 4. The molecule has 0 saturated carbocycles. The molecule has 0 bridgehead atoms. The second kappa shape index (κ2) is 8.35. The number of carbonyl (C=O) groups excluding carboxylic acids is 1. The predicted octanol–water partition coefficient (Wildman–Crippen LogP) is 1.38. The highest BCUT2D eigenvalue weighted by atomic mass is 16.5. The van der Waals surface area contributed by atoms with Crippen LogP contribution in [0.15, 0.2) is 64.2 Å². The highest BCUT2D eigenvalue weighted by Gasteiger charge is 2.14. The van der Waals surface area contributed by atoms with E-state index < -0.39 is 5.69 Å². The van der Waals surface area contributed by atoms with Crippen molar-refractivity contribution in [1.29, 1.82) is 0 Å². The molecule has 0 radical (unpaired) electrons. The largest absolute Gasteiger partial charge is 0.492 e. The Labute approximate surface area is 155 Å². The van der Waals surface area contributed by atoms with Crippen molar-refractivity contribution in [2.24, 2.45) is 0 Å². The van der Waals surface area contributed by atoms with Crippen LogP contribution in [-0.2, 0) is 17.9 Å². The summed E-state index contributed by atoms with van der Waals surface area (Å²) in [5, 5.41) is 3.15. The number of rotatable bonds is 7. The Balaban J connectivity index is 1.71. The van der Waals surface area contributed by atoms with E-state index in [-0.39, 0.29) is 24.6 Å². The lowest BCUT2D eigenvalue weighted by Gasteiger charge is -2.13. The Morgan fingerprint density at radius 2 is 1.70 bits per heavy atom. The third kappa shape index (κ3) is 4.08. The van der Waals surface area contributed by atoms with Crippen LogP contribution in [0, 0.1) is 0 Å². The van der Waals surface area contributed by atoms with Crippen molar-refractivity contribution >= 4 is 16.8 Å². The zero-order chi connectivity index (χ0) is 19.2. The van der Waals surface area contributed by atoms with Crippen molar-refractivity contribution in [2.45, 2.75) is 20.0 Å². The number of benzene rings is 2. The first-order valence-electron chi connectivity index (χ1n) is 8.78. The normalized spacial score (nSPS) is 10.7. The molecule has 0 atom stereocenters. The molecule has 0 fully saturated rings. The monoisotopic (exact) mass is 367 g/mol. The summed E-state index contributed by atoms with van der Waals surface area (Å²) in [6.07, 6.45) is 0. The molecule has 3 aromatic rings. The number of carbonyl (C=O) groups is 1. The molecule has 7 heteroatoms. The predicted molar refractivity (Wildman–Crippen MR) is 103 cm³/mol. The van der Waals surface area contributed by atoms with Crippen LogP contribution in [0.5, 0.6) is 5.75 Å². The van der Waals surface area contributed by atoms with Gasteiger partial charge in [0.15, 0.2) is 0 Å². The van der Waals surface area contributed by atoms with Gasteiger partial charge in [-0.05, 0) is 31.2 Å². The van der Waals surface area contributed by atoms with E-state index in [9.17, 15) is 14.4 Å². The summed E-state index contributed by atoms with van der Waals surface area (Å²) >= 11 is 0. The standard InChI is InChI=1S/C20H21N3O4/c1-2-22-19(25)16-10-6-7-11-17(16)23(20(22)26)14-18(24)21-12-13-27-15-8-4-3-5-9-15/h3-11H,2,12-14H2,1H3,(H,21,24). The minimum absolute atomic E-state index is 0.162. The Kier molecular flexibility index (Phi) is 5.71. The molecule has 2 aromatic carbocycles. The fourth-order valence-electron chi connectivity index (χ4n) is 2.88. The molecular weight excluding hydrogens is 346 g/mol. The maximum absolute atomic E-state index is 12.6. The molecule has 1 aromatic heterocycles. The van der Waals surface area contributed by atoms with Crippen molar-refractivity contribution < 1.29 is 9.53 Å². The zero-order valence-corrected chi connectivity index (χ0v) is 15.1. The molecule has 0 aliphatic rings. The van der Waals surface area contributed by atoms with Crippen molar-refractivity contribution in [3.8, 4) is 5.75 Å². The molecule has 27 heavy (non-hydrogen) atoms. The Morgan fingerprint density at radius 1 is 1.00 bits per heavy atom. The maximum atomic E-state index is 12.6. The van der Waals surface area contributed by atoms with Gasteiger partial charge in [-0.15, -0.1) is 0 Å². The summed E-state index contributed by atoms with van der Waals surface area (Å²) in [5.41, 5.74) is -0.379. The Bertz CT molecular complexity index is 1050. The zero-order valence-electron chi connectivity index (χ0n) is 15.1. The number of fused-ring (bicyclic) bond motifs is 1. The van der Waals surface area contributed by atoms with Gasteiger partial charge in [0.2, 0.25) is 5.91 Å². The molecule has 0 aliphatic carbocycles. The topological polar surface area (TPSA) is 82.3 Å². The Morgan fingerprint density at radius 3 is 2.44 bits per heavy atom. The van der Waals surface area contributed by atoms with E-state index in [0.29, 0.717) is 24.1 Å². The van der Waals surface area contributed by atoms with E-state index in [4.69, 9.17) is 4.74 Å². The first-order valence-corrected chi connectivity index (χ1v) is 8.78. The number of nitrogens with one attached hydrogen (secondary N) is 1. The molecule has 0 aliphatic heterocycles. The van der Waals surface area contributed by atoms with Gasteiger partial charge in [-0.25, -0.2) is 4.79 Å². The van der Waals surface area contributed by atoms with E-state index in [1.165, 1.54) is 4.57 Å². The number of hydrogen-bond donors (Lipinski definition) is 1. The summed E-state index contributed by atoms with van der Waals surface area (Å²) in [6, 6.07) is 16.1. The molecule has 0 unspecified atom stereocenters. The van der Waals surface area contributed by atoms with Crippen molar-refractivity contribution in [1.82, 2.24) is 14.5 Å². The van der Waals surface area contributed by atoms with Crippen molar-refractivity contribution in [2.75, 3.05) is 13.2 Å². The van der Waals surface area contributed by atoms with Gasteiger partial charge >= 0.3 is 5.69 Å². The van der Waals surface area contributed by atoms with Crippen LogP contribution in [0.25, 0.3) is 10.9 Å². The fraction of sp³-hybridized carbons (Fsp3) is 0.250. The first-order chi connectivity index (χ1) is 13.1. The lowest BCUT2D eigenvalue weighted by molar-refractivity contribution is -0.121. The van der Waals surface area contributed by atoms with Crippen LogP contribution in [0.4, 0.5) is 0 Å². The Hall–Kier alpha value is -3.35. The lowest BCUT2D eigenvalue weighted by atomic mass is 10.2. The van der Waals surface area contributed by atoms with Crippen LogP contribution in [0.2, 0.25) is 0 Å². The second-order valence-corrected chi connectivity index (χ2v) is 5.95. The van der Waals surface area contributed by atoms with Crippen molar-refractivity contribution in [3.05, 3.63) is 75.4 Å². The summed E-state index contributed by atoms with van der Waals surface area (Å²) in [4.78, 5) is 37.3. The molecule has 0 spiro atoms. The molecule has 1 heterocycles. The smallest absolute Gasteiger partial charge is 0.331 e. The number of aromatic nitrogens is 2. The van der Waals surface area contributed by atoms with Gasteiger partial charge < -0.3 is 10.1 Å². The van der Waals surface area contributed by atoms with E-state index in [0.717, 1.165) is 10.3 Å². The minimum atomic E-state index is -0.489. The molecule has 140 valence electrons. The summed E-state index contributed by atoms with van der Waals surface area (Å²) < 4.78 is 7.98. The average Bonchev–Trinajstić information content (AvgIpc) is 2.70. The van der Waals surface area contributed by atoms with Crippen LogP contribution >= 0.6 is 0 Å². The van der Waals surface area contributed by atoms with E-state index in [1.54, 1.807) is 31.2 Å². The summed E-state index contributed by atoms with van der Waals surface area (Å²) in [7, 11) is 0. The minimum Gasteiger partial charge on any atom is -0.492 e. The summed E-state index contributed by atoms with van der Waals surface area (Å²) in [5.74, 6) is 0.407. The third-order valence-corrected chi connectivity index (χ3v) is 4.19. The quantitative estimate of drug-likeness (QED) is 0.640. The number of amides is 1. The maximum Gasteiger partial charge on any atom is 0.331 e. The third-order valence-electron chi connectivity index (χ3n) is 4.19. The van der Waals surface area contributed by atoms with Gasteiger partial charge in [0.1, 0.15) is 18.9 Å². The van der Waals surface area contributed by atoms with Crippen LogP contribution in [0.3, 0.4) is 0 Å². The number of nitrogens with zero attached hydrogens (tertiary/aromatic N) is 2. The van der Waals surface area contributed by atoms with Gasteiger partial charge in [-0.3, -0.25) is 18.7 Å². The number of ether oxygens (including phenoxy) is 1. The first kappa shape index (κ1) is 18.4. The average molecular weight is 367 g/mol. The molecule has 1 amide bonds. The number of para-hydroxylation sites is 2. The van der Waals surface area contributed by atoms with Crippen molar-refractivity contribution in [3.63, 3.8) is 0 Å². The SMILES string of the molecule is CCn1c(=O)c2ccccc2n(CC(=O)NCCOc2ccccc2)c1=O. The summed E-state index contributed by atoms with van der Waals surface area (Å²) in [6.45, 7) is 2.44. The lowest BCUT2D eigenvalue weighted by Crippen LogP contribution is -2.42. The van der Waals surface area contributed by atoms with Crippen LogP contribution in [-0.4, -0.2) is 28.2 Å². The highest BCUT2D eigenvalue weighted by Crippen LogP contribution is 2.08. The van der Waals surface area contributed by atoms with Crippen LogP contribution in [0.1, 0.15) is 6.92 Å². The van der Waals surface area contributed by atoms with Gasteiger partial charge in [0, 0.05) is 6.54 Å². The molecule has 3 rings (SSSR count). The highest BCUT2D eigenvalue weighted by molar-refractivity contribution is 5.81. The van der Waals surface area contributed by atoms with Gasteiger partial charge in [-0.2, -0.15) is 0 Å². The van der Waals surface area contributed by atoms with Gasteiger partial charge in [0.25, 0.3) is 5.56 Å². The second-order valence-electron chi connectivity index (χ2n) is 5.95. The van der Waals surface area contributed by atoms with E-state index >= 15 is 0 Å². The molecule has 1 N–H and O–H groups in total. The van der Waals surface area contributed by atoms with Gasteiger partial charge in [0.05, 0.1) is 17.4 Å². The van der Waals surface area contributed by atoms with E-state index in [2.05, 4.69) is 5.32 Å². The fourth-order valence-corrected chi connectivity index (χ4v) is 2.88. The van der Waals surface area contributed by atoms with E-state index in [1.807, 2.05) is 30.3 Å². The van der Waals surface area contributed by atoms with Crippen LogP contribution < -0.4 is 21.3 Å².